The van der Waals surface area contributed by atoms with Gasteiger partial charge in [-0.05, 0) is 18.6 Å². The van der Waals surface area contributed by atoms with Gasteiger partial charge in [0.15, 0.2) is 0 Å². The van der Waals surface area contributed by atoms with Crippen molar-refractivity contribution in [2.24, 2.45) is 5.73 Å². The van der Waals surface area contributed by atoms with Crippen molar-refractivity contribution in [1.29, 1.82) is 0 Å². The Morgan fingerprint density at radius 3 is 3.00 bits per heavy atom. The van der Waals surface area contributed by atoms with E-state index in [9.17, 15) is 9.18 Å². The molecule has 0 spiro atoms. The minimum absolute atomic E-state index is 0.187. The third kappa shape index (κ3) is 3.63. The molecule has 1 amide bonds. The predicted octanol–water partition coefficient (Wildman–Crippen LogP) is 1.29. The van der Waals surface area contributed by atoms with Crippen LogP contribution in [0.4, 0.5) is 10.2 Å². The third-order valence-corrected chi connectivity index (χ3v) is 1.90. The highest BCUT2D eigenvalue weighted by molar-refractivity contribution is 5.93. The normalized spacial score (nSPS) is 12.2. The van der Waals surface area contributed by atoms with Crippen LogP contribution in [0, 0.1) is 5.95 Å². The molecule has 0 bridgehead atoms. The Labute approximate surface area is 87.7 Å². The molecule has 0 aliphatic carbocycles. The SMILES string of the molecule is CCC[C@@H](N)C(=O)Nc1cccc(F)n1. The van der Waals surface area contributed by atoms with Gasteiger partial charge in [-0.25, -0.2) is 4.98 Å². The van der Waals surface area contributed by atoms with E-state index in [0.29, 0.717) is 6.42 Å². The van der Waals surface area contributed by atoms with Crippen molar-refractivity contribution >= 4 is 11.7 Å². The number of nitrogens with one attached hydrogen (secondary N) is 1. The standard InChI is InChI=1S/C10H14FN3O/c1-2-4-7(12)10(15)14-9-6-3-5-8(11)13-9/h3,5-7H,2,4,12H2,1H3,(H,13,14,15)/t7-/m1/s1. The van der Waals surface area contributed by atoms with Crippen molar-refractivity contribution < 1.29 is 9.18 Å². The van der Waals surface area contributed by atoms with Crippen LogP contribution in [0.3, 0.4) is 0 Å². The molecule has 1 atom stereocenters. The molecule has 0 fully saturated rings. The first-order valence-corrected chi connectivity index (χ1v) is 4.82. The molecule has 3 N–H and O–H groups in total. The number of amides is 1. The van der Waals surface area contributed by atoms with E-state index in [1.165, 1.54) is 18.2 Å². The van der Waals surface area contributed by atoms with E-state index in [1.807, 2.05) is 6.92 Å². The molecule has 0 aliphatic rings. The van der Waals surface area contributed by atoms with E-state index in [0.717, 1.165) is 6.42 Å². The molecule has 5 heteroatoms. The summed E-state index contributed by atoms with van der Waals surface area (Å²) in [5, 5.41) is 2.45. The summed E-state index contributed by atoms with van der Waals surface area (Å²) in [7, 11) is 0. The Hall–Kier alpha value is -1.49. The van der Waals surface area contributed by atoms with E-state index in [4.69, 9.17) is 5.73 Å². The third-order valence-electron chi connectivity index (χ3n) is 1.90. The molecule has 15 heavy (non-hydrogen) atoms. The van der Waals surface area contributed by atoms with Crippen LogP contribution in [0.1, 0.15) is 19.8 Å². The zero-order valence-corrected chi connectivity index (χ0v) is 8.53. The van der Waals surface area contributed by atoms with Gasteiger partial charge >= 0.3 is 0 Å². The maximum absolute atomic E-state index is 12.7. The lowest BCUT2D eigenvalue weighted by Gasteiger charge is -2.10. The summed E-state index contributed by atoms with van der Waals surface area (Å²) in [5.74, 6) is -0.779. The molecular formula is C10H14FN3O. The zero-order valence-electron chi connectivity index (χ0n) is 8.53. The molecule has 82 valence electrons. The highest BCUT2D eigenvalue weighted by Crippen LogP contribution is 2.04. The summed E-state index contributed by atoms with van der Waals surface area (Å²) < 4.78 is 12.7. The first-order valence-electron chi connectivity index (χ1n) is 4.82. The Bertz CT molecular complexity index is 343. The Morgan fingerprint density at radius 2 is 2.40 bits per heavy atom. The minimum atomic E-state index is -0.628. The number of aromatic nitrogens is 1. The highest BCUT2D eigenvalue weighted by atomic mass is 19.1. The van der Waals surface area contributed by atoms with E-state index < -0.39 is 12.0 Å². The van der Waals surface area contributed by atoms with Crippen LogP contribution in [0.5, 0.6) is 0 Å². The number of hydrogen-bond donors (Lipinski definition) is 2. The number of nitrogens with two attached hydrogens (primary N) is 1. The summed E-state index contributed by atoms with van der Waals surface area (Å²) >= 11 is 0. The fourth-order valence-electron chi connectivity index (χ4n) is 1.14. The molecule has 0 aromatic carbocycles. The van der Waals surface area contributed by atoms with Gasteiger partial charge in [0.2, 0.25) is 11.9 Å². The largest absolute Gasteiger partial charge is 0.320 e. The number of nitrogens with zero attached hydrogens (tertiary/aromatic N) is 1. The Morgan fingerprint density at radius 1 is 1.67 bits per heavy atom. The topological polar surface area (TPSA) is 68.0 Å². The van der Waals surface area contributed by atoms with Gasteiger partial charge in [-0.15, -0.1) is 0 Å². The summed E-state index contributed by atoms with van der Waals surface area (Å²) in [6, 6.07) is 3.63. The maximum Gasteiger partial charge on any atom is 0.242 e. The van der Waals surface area contributed by atoms with Crippen LogP contribution in [0.2, 0.25) is 0 Å². The van der Waals surface area contributed by atoms with Crippen molar-refractivity contribution in [1.82, 2.24) is 4.98 Å². The Kier molecular flexibility index (Phi) is 4.17. The van der Waals surface area contributed by atoms with E-state index in [-0.39, 0.29) is 11.7 Å². The Balaban J connectivity index is 2.58. The summed E-state index contributed by atoms with van der Waals surface area (Å²) in [6.45, 7) is 1.94. The van der Waals surface area contributed by atoms with Gasteiger partial charge in [-0.1, -0.05) is 19.4 Å². The zero-order chi connectivity index (χ0) is 11.3. The number of carbonyl (C=O) groups excluding carboxylic acids is 1. The van der Waals surface area contributed by atoms with Crippen molar-refractivity contribution in [2.45, 2.75) is 25.8 Å². The van der Waals surface area contributed by atoms with Gasteiger partial charge in [0, 0.05) is 0 Å². The lowest BCUT2D eigenvalue weighted by atomic mass is 10.2. The lowest BCUT2D eigenvalue weighted by molar-refractivity contribution is -0.117. The summed E-state index contributed by atoms with van der Waals surface area (Å²) in [6.07, 6.45) is 1.42. The van der Waals surface area contributed by atoms with Crippen LogP contribution in [0.25, 0.3) is 0 Å². The van der Waals surface area contributed by atoms with Crippen LogP contribution in [0.15, 0.2) is 18.2 Å². The maximum atomic E-state index is 12.7. The predicted molar refractivity (Wildman–Crippen MR) is 55.7 cm³/mol. The molecule has 1 rings (SSSR count). The molecule has 0 radical (unpaired) electrons. The highest BCUT2D eigenvalue weighted by Gasteiger charge is 2.12. The number of carbonyl (C=O) groups is 1. The second-order valence-corrected chi connectivity index (χ2v) is 3.23. The van der Waals surface area contributed by atoms with Gasteiger partial charge in [0.1, 0.15) is 5.82 Å². The fraction of sp³-hybridized carbons (Fsp3) is 0.400. The number of halogens is 1. The van der Waals surface area contributed by atoms with Crippen molar-refractivity contribution in [3.05, 3.63) is 24.1 Å². The van der Waals surface area contributed by atoms with Gasteiger partial charge in [-0.2, -0.15) is 4.39 Å². The molecule has 4 nitrogen and oxygen atoms in total. The molecule has 0 aliphatic heterocycles. The van der Waals surface area contributed by atoms with Gasteiger partial charge < -0.3 is 11.1 Å². The van der Waals surface area contributed by atoms with Gasteiger partial charge in [0.25, 0.3) is 0 Å². The van der Waals surface area contributed by atoms with E-state index >= 15 is 0 Å². The molecular weight excluding hydrogens is 197 g/mol. The molecule has 0 unspecified atom stereocenters. The second kappa shape index (κ2) is 5.41. The lowest BCUT2D eigenvalue weighted by Crippen LogP contribution is -2.35. The number of hydrogen-bond acceptors (Lipinski definition) is 3. The van der Waals surface area contributed by atoms with Gasteiger partial charge in [-0.3, -0.25) is 4.79 Å². The first kappa shape index (κ1) is 11.6. The van der Waals surface area contributed by atoms with Crippen molar-refractivity contribution in [3.63, 3.8) is 0 Å². The molecule has 1 aromatic rings. The minimum Gasteiger partial charge on any atom is -0.320 e. The molecule has 1 heterocycles. The van der Waals surface area contributed by atoms with Crippen LogP contribution in [-0.4, -0.2) is 16.9 Å². The monoisotopic (exact) mass is 211 g/mol. The molecule has 0 saturated heterocycles. The van der Waals surface area contributed by atoms with E-state index in [2.05, 4.69) is 10.3 Å². The van der Waals surface area contributed by atoms with Crippen LogP contribution < -0.4 is 11.1 Å². The van der Waals surface area contributed by atoms with E-state index in [1.54, 1.807) is 0 Å². The van der Waals surface area contributed by atoms with Crippen LogP contribution in [-0.2, 0) is 4.79 Å². The summed E-state index contributed by atoms with van der Waals surface area (Å²) in [5.41, 5.74) is 5.58. The number of pyridine rings is 1. The summed E-state index contributed by atoms with van der Waals surface area (Å²) in [4.78, 5) is 14.9. The second-order valence-electron chi connectivity index (χ2n) is 3.23. The van der Waals surface area contributed by atoms with Crippen molar-refractivity contribution in [2.75, 3.05) is 5.32 Å². The van der Waals surface area contributed by atoms with Gasteiger partial charge in [0.05, 0.1) is 6.04 Å². The molecule has 0 saturated carbocycles. The average Bonchev–Trinajstić information content (AvgIpc) is 2.18. The quantitative estimate of drug-likeness (QED) is 0.737. The fourth-order valence-corrected chi connectivity index (χ4v) is 1.14. The smallest absolute Gasteiger partial charge is 0.242 e. The number of anilines is 1. The van der Waals surface area contributed by atoms with Crippen LogP contribution >= 0.6 is 0 Å². The van der Waals surface area contributed by atoms with Crippen molar-refractivity contribution in [3.8, 4) is 0 Å². The molecule has 1 aromatic heterocycles. The first-order chi connectivity index (χ1) is 7.13. The average molecular weight is 211 g/mol. The number of rotatable bonds is 4.